The fraction of sp³-hybridized carbons (Fsp3) is 0.333. The highest BCUT2D eigenvalue weighted by Crippen LogP contribution is 2.30. The standard InChI is InChI=1S/C15H15NO4/c1-3-10-8-13(18)16(9-10)14(15(19)20-2)11-4-6-12(17)7-5-11/h1,4-7,10,14,17H,8-9H2,2H3/t10?,14-/m1/s1. The summed E-state index contributed by atoms with van der Waals surface area (Å²) in [4.78, 5) is 25.4. The van der Waals surface area contributed by atoms with Crippen molar-refractivity contribution < 1.29 is 19.4 Å². The fourth-order valence-corrected chi connectivity index (χ4v) is 2.30. The summed E-state index contributed by atoms with van der Waals surface area (Å²) in [6.07, 6.45) is 5.59. The van der Waals surface area contributed by atoms with Crippen LogP contribution in [-0.4, -0.2) is 35.5 Å². The van der Waals surface area contributed by atoms with Crippen molar-refractivity contribution in [2.75, 3.05) is 13.7 Å². The van der Waals surface area contributed by atoms with Gasteiger partial charge in [0.05, 0.1) is 7.11 Å². The van der Waals surface area contributed by atoms with Crippen LogP contribution in [0, 0.1) is 18.3 Å². The number of nitrogens with zero attached hydrogens (tertiary/aromatic N) is 1. The molecule has 5 nitrogen and oxygen atoms in total. The van der Waals surface area contributed by atoms with E-state index in [0.717, 1.165) is 0 Å². The summed E-state index contributed by atoms with van der Waals surface area (Å²) in [6, 6.07) is 5.28. The molecular weight excluding hydrogens is 258 g/mol. The third-order valence-corrected chi connectivity index (χ3v) is 3.34. The van der Waals surface area contributed by atoms with Crippen molar-refractivity contribution >= 4 is 11.9 Å². The molecule has 1 fully saturated rings. The number of phenolic OH excluding ortho intramolecular Hbond substituents is 1. The molecule has 104 valence electrons. The number of amides is 1. The zero-order chi connectivity index (χ0) is 14.7. The van der Waals surface area contributed by atoms with E-state index in [0.29, 0.717) is 12.1 Å². The minimum Gasteiger partial charge on any atom is -0.508 e. The Kier molecular flexibility index (Phi) is 3.94. The third kappa shape index (κ3) is 2.59. The summed E-state index contributed by atoms with van der Waals surface area (Å²) in [5.74, 6) is 1.75. The third-order valence-electron chi connectivity index (χ3n) is 3.34. The zero-order valence-electron chi connectivity index (χ0n) is 11.1. The molecule has 1 aliphatic rings. The second-order valence-corrected chi connectivity index (χ2v) is 4.63. The highest BCUT2D eigenvalue weighted by molar-refractivity contribution is 5.87. The van der Waals surface area contributed by atoms with E-state index in [4.69, 9.17) is 11.2 Å². The van der Waals surface area contributed by atoms with E-state index in [9.17, 15) is 14.7 Å². The molecule has 0 saturated carbocycles. The summed E-state index contributed by atoms with van der Waals surface area (Å²) in [5, 5.41) is 9.31. The number of ether oxygens (including phenoxy) is 1. The maximum atomic E-state index is 12.0. The number of aromatic hydroxyl groups is 1. The van der Waals surface area contributed by atoms with Crippen molar-refractivity contribution in [2.24, 2.45) is 5.92 Å². The maximum Gasteiger partial charge on any atom is 0.333 e. The van der Waals surface area contributed by atoms with Crippen molar-refractivity contribution in [1.82, 2.24) is 4.90 Å². The van der Waals surface area contributed by atoms with E-state index >= 15 is 0 Å². The average Bonchev–Trinajstić information content (AvgIpc) is 2.82. The molecule has 0 bridgehead atoms. The topological polar surface area (TPSA) is 66.8 Å². The van der Waals surface area contributed by atoms with Crippen molar-refractivity contribution in [3.63, 3.8) is 0 Å². The van der Waals surface area contributed by atoms with Gasteiger partial charge in [-0.3, -0.25) is 4.79 Å². The van der Waals surface area contributed by atoms with Gasteiger partial charge in [0.1, 0.15) is 5.75 Å². The number of carbonyl (C=O) groups excluding carboxylic acids is 2. The lowest BCUT2D eigenvalue weighted by Gasteiger charge is -2.26. The highest BCUT2D eigenvalue weighted by atomic mass is 16.5. The molecule has 1 N–H and O–H groups in total. The second-order valence-electron chi connectivity index (χ2n) is 4.63. The quantitative estimate of drug-likeness (QED) is 0.661. The number of esters is 1. The van der Waals surface area contributed by atoms with Gasteiger partial charge in [0.2, 0.25) is 5.91 Å². The molecule has 1 saturated heterocycles. The Labute approximate surface area is 117 Å². The number of likely N-dealkylation sites (tertiary alicyclic amines) is 1. The lowest BCUT2D eigenvalue weighted by molar-refractivity contribution is -0.151. The molecule has 0 aliphatic carbocycles. The highest BCUT2D eigenvalue weighted by Gasteiger charge is 2.38. The molecule has 1 heterocycles. The van der Waals surface area contributed by atoms with Crippen LogP contribution < -0.4 is 0 Å². The summed E-state index contributed by atoms with van der Waals surface area (Å²) >= 11 is 0. The maximum absolute atomic E-state index is 12.0. The number of benzene rings is 1. The molecule has 1 amide bonds. The molecule has 0 spiro atoms. The summed E-state index contributed by atoms with van der Waals surface area (Å²) in [6.45, 7) is 0.329. The van der Waals surface area contributed by atoms with Crippen molar-refractivity contribution in [1.29, 1.82) is 0 Å². The molecule has 5 heteroatoms. The first kappa shape index (κ1) is 13.9. The molecule has 2 rings (SSSR count). The van der Waals surface area contributed by atoms with Gasteiger partial charge in [-0.2, -0.15) is 0 Å². The molecular formula is C15H15NO4. The van der Waals surface area contributed by atoms with Crippen molar-refractivity contribution in [3.05, 3.63) is 29.8 Å². The van der Waals surface area contributed by atoms with Gasteiger partial charge in [-0.1, -0.05) is 12.1 Å². The first-order valence-corrected chi connectivity index (χ1v) is 6.19. The Morgan fingerprint density at radius 2 is 2.15 bits per heavy atom. The fourth-order valence-electron chi connectivity index (χ4n) is 2.30. The van der Waals surface area contributed by atoms with Crippen molar-refractivity contribution in [3.8, 4) is 18.1 Å². The average molecular weight is 273 g/mol. The molecule has 2 atom stereocenters. The van der Waals surface area contributed by atoms with Crippen LogP contribution in [0.5, 0.6) is 5.75 Å². The first-order valence-electron chi connectivity index (χ1n) is 6.19. The number of hydrogen-bond donors (Lipinski definition) is 1. The normalized spacial score (nSPS) is 19.5. The van der Waals surface area contributed by atoms with E-state index < -0.39 is 12.0 Å². The predicted molar refractivity (Wildman–Crippen MR) is 71.5 cm³/mol. The molecule has 1 aromatic rings. The number of carbonyl (C=O) groups is 2. The molecule has 1 unspecified atom stereocenters. The molecule has 20 heavy (non-hydrogen) atoms. The van der Waals surface area contributed by atoms with Crippen LogP contribution in [0.4, 0.5) is 0 Å². The minimum atomic E-state index is -0.827. The van der Waals surface area contributed by atoms with Gasteiger partial charge in [0.25, 0.3) is 0 Å². The van der Waals surface area contributed by atoms with Gasteiger partial charge in [-0.25, -0.2) is 4.79 Å². The van der Waals surface area contributed by atoms with Crippen LogP contribution in [0.25, 0.3) is 0 Å². The Morgan fingerprint density at radius 3 is 2.65 bits per heavy atom. The molecule has 0 radical (unpaired) electrons. The summed E-state index contributed by atoms with van der Waals surface area (Å²) < 4.78 is 4.78. The SMILES string of the molecule is C#CC1CC(=O)N([C@@H](C(=O)OC)c2ccc(O)cc2)C1. The van der Waals surface area contributed by atoms with Gasteiger partial charge in [-0.15, -0.1) is 12.3 Å². The number of phenols is 1. The van der Waals surface area contributed by atoms with Crippen LogP contribution >= 0.6 is 0 Å². The number of rotatable bonds is 3. The summed E-state index contributed by atoms with van der Waals surface area (Å²) in [5.41, 5.74) is 0.584. The van der Waals surface area contributed by atoms with E-state index in [1.165, 1.54) is 24.1 Å². The molecule has 0 aromatic heterocycles. The zero-order valence-corrected chi connectivity index (χ0v) is 11.1. The number of methoxy groups -OCH3 is 1. The van der Waals surface area contributed by atoms with E-state index in [1.807, 2.05) is 0 Å². The lowest BCUT2D eigenvalue weighted by atomic mass is 10.1. The lowest BCUT2D eigenvalue weighted by Crippen LogP contribution is -2.36. The van der Waals surface area contributed by atoms with Crippen LogP contribution in [0.15, 0.2) is 24.3 Å². The van der Waals surface area contributed by atoms with Crippen LogP contribution in [0.1, 0.15) is 18.0 Å². The largest absolute Gasteiger partial charge is 0.508 e. The predicted octanol–water partition coefficient (Wildman–Crippen LogP) is 1.09. The van der Waals surface area contributed by atoms with Gasteiger partial charge >= 0.3 is 5.97 Å². The van der Waals surface area contributed by atoms with E-state index in [-0.39, 0.29) is 24.0 Å². The van der Waals surface area contributed by atoms with E-state index in [2.05, 4.69) is 5.92 Å². The van der Waals surface area contributed by atoms with Crippen LogP contribution in [0.2, 0.25) is 0 Å². The van der Waals surface area contributed by atoms with E-state index in [1.54, 1.807) is 12.1 Å². The first-order chi connectivity index (χ1) is 9.56. The second kappa shape index (κ2) is 5.66. The Bertz CT molecular complexity index is 558. The number of terminal acetylenes is 1. The van der Waals surface area contributed by atoms with Crippen molar-refractivity contribution in [2.45, 2.75) is 12.5 Å². The van der Waals surface area contributed by atoms with Gasteiger partial charge in [0, 0.05) is 18.9 Å². The van der Waals surface area contributed by atoms with Gasteiger partial charge < -0.3 is 14.7 Å². The van der Waals surface area contributed by atoms with Crippen LogP contribution in [0.3, 0.4) is 0 Å². The summed E-state index contributed by atoms with van der Waals surface area (Å²) in [7, 11) is 1.27. The smallest absolute Gasteiger partial charge is 0.333 e. The van der Waals surface area contributed by atoms with Crippen LogP contribution in [-0.2, 0) is 14.3 Å². The molecule has 1 aromatic carbocycles. The monoisotopic (exact) mass is 273 g/mol. The van der Waals surface area contributed by atoms with Gasteiger partial charge in [0.15, 0.2) is 6.04 Å². The molecule has 1 aliphatic heterocycles. The Balaban J connectivity index is 2.34. The Hall–Kier alpha value is -2.48. The Morgan fingerprint density at radius 1 is 1.50 bits per heavy atom. The number of hydrogen-bond acceptors (Lipinski definition) is 4. The minimum absolute atomic E-state index is 0.0895. The van der Waals surface area contributed by atoms with Gasteiger partial charge in [-0.05, 0) is 17.7 Å².